The van der Waals surface area contributed by atoms with Crippen molar-refractivity contribution in [3.8, 4) is 11.8 Å². The fourth-order valence-corrected chi connectivity index (χ4v) is 2.73. The van der Waals surface area contributed by atoms with Gasteiger partial charge in [0.15, 0.2) is 4.75 Å². The summed E-state index contributed by atoms with van der Waals surface area (Å²) in [6, 6.07) is 8.27. The lowest BCUT2D eigenvalue weighted by molar-refractivity contribution is 0.0161. The van der Waals surface area contributed by atoms with Crippen LogP contribution < -0.4 is 4.74 Å². The highest BCUT2D eigenvalue weighted by molar-refractivity contribution is 8.01. The van der Waals surface area contributed by atoms with Crippen LogP contribution in [0.15, 0.2) is 23.1 Å². The predicted molar refractivity (Wildman–Crippen MR) is 62.8 cm³/mol. The normalized spacial score (nSPS) is 17.3. The van der Waals surface area contributed by atoms with Crippen molar-refractivity contribution in [2.24, 2.45) is 0 Å². The average molecular weight is 235 g/mol. The van der Waals surface area contributed by atoms with Gasteiger partial charge < -0.3 is 9.47 Å². The predicted octanol–water partition coefficient (Wildman–Crippen LogP) is 2.39. The van der Waals surface area contributed by atoms with Gasteiger partial charge in [-0.05, 0) is 30.7 Å². The van der Waals surface area contributed by atoms with E-state index in [2.05, 4.69) is 6.07 Å². The van der Waals surface area contributed by atoms with Crippen molar-refractivity contribution >= 4 is 11.8 Å². The van der Waals surface area contributed by atoms with Crippen molar-refractivity contribution in [1.82, 2.24) is 0 Å². The molecule has 4 heteroatoms. The van der Waals surface area contributed by atoms with Crippen LogP contribution in [0.25, 0.3) is 0 Å². The molecule has 1 fully saturated rings. The van der Waals surface area contributed by atoms with E-state index in [1.54, 1.807) is 18.9 Å². The van der Waals surface area contributed by atoms with Gasteiger partial charge in [-0.1, -0.05) is 11.8 Å². The minimum absolute atomic E-state index is 0.388. The van der Waals surface area contributed by atoms with E-state index in [1.165, 1.54) is 0 Å². The summed E-state index contributed by atoms with van der Waals surface area (Å²) in [6.07, 6.45) is 0. The lowest BCUT2D eigenvalue weighted by atomic mass is 10.1. The molecule has 0 N–H and O–H groups in total. The second-order valence-corrected chi connectivity index (χ2v) is 5.29. The second-order valence-electron chi connectivity index (χ2n) is 3.83. The first kappa shape index (κ1) is 11.3. The molecule has 84 valence electrons. The van der Waals surface area contributed by atoms with Crippen LogP contribution in [-0.2, 0) is 4.74 Å². The number of nitriles is 1. The SMILES string of the molecule is COc1ccc(SC2(C#N)COC2)cc1C. The molecular formula is C12H13NO2S. The number of aryl methyl sites for hydroxylation is 1. The van der Waals surface area contributed by atoms with E-state index in [9.17, 15) is 0 Å². The Labute approximate surface area is 99.4 Å². The fraction of sp³-hybridized carbons (Fsp3) is 0.417. The number of methoxy groups -OCH3 is 1. The number of hydrogen-bond donors (Lipinski definition) is 0. The van der Waals surface area contributed by atoms with Crippen molar-refractivity contribution in [1.29, 1.82) is 5.26 Å². The summed E-state index contributed by atoms with van der Waals surface area (Å²) < 4.78 is 9.92. The lowest BCUT2D eigenvalue weighted by Gasteiger charge is -2.34. The largest absolute Gasteiger partial charge is 0.496 e. The highest BCUT2D eigenvalue weighted by atomic mass is 32.2. The zero-order chi connectivity index (χ0) is 11.6. The Bertz CT molecular complexity index is 435. The maximum absolute atomic E-state index is 9.09. The maximum Gasteiger partial charge on any atom is 0.153 e. The van der Waals surface area contributed by atoms with Crippen molar-refractivity contribution < 1.29 is 9.47 Å². The number of nitrogens with zero attached hydrogens (tertiary/aromatic N) is 1. The molecular weight excluding hydrogens is 222 g/mol. The second kappa shape index (κ2) is 4.36. The van der Waals surface area contributed by atoms with Gasteiger partial charge in [0.05, 0.1) is 26.4 Å². The third kappa shape index (κ3) is 2.01. The van der Waals surface area contributed by atoms with E-state index in [0.717, 1.165) is 16.2 Å². The van der Waals surface area contributed by atoms with Crippen LogP contribution >= 0.6 is 11.8 Å². The van der Waals surface area contributed by atoms with E-state index in [-0.39, 0.29) is 4.75 Å². The number of benzene rings is 1. The fourth-order valence-electron chi connectivity index (χ4n) is 1.57. The summed E-state index contributed by atoms with van der Waals surface area (Å²) in [5, 5.41) is 9.09. The molecule has 0 radical (unpaired) electrons. The average Bonchev–Trinajstić information content (AvgIpc) is 2.24. The number of thioether (sulfide) groups is 1. The molecule has 0 saturated carbocycles. The van der Waals surface area contributed by atoms with Gasteiger partial charge in [-0.3, -0.25) is 0 Å². The van der Waals surface area contributed by atoms with Gasteiger partial charge in [-0.15, -0.1) is 0 Å². The van der Waals surface area contributed by atoms with E-state index < -0.39 is 0 Å². The van der Waals surface area contributed by atoms with Gasteiger partial charge in [0.1, 0.15) is 5.75 Å². The van der Waals surface area contributed by atoms with Crippen molar-refractivity contribution in [3.63, 3.8) is 0 Å². The molecule has 1 aromatic carbocycles. The molecule has 0 aliphatic carbocycles. The zero-order valence-electron chi connectivity index (χ0n) is 9.32. The Morgan fingerprint density at radius 1 is 1.50 bits per heavy atom. The molecule has 1 aliphatic heterocycles. The van der Waals surface area contributed by atoms with Gasteiger partial charge in [0, 0.05) is 4.90 Å². The van der Waals surface area contributed by atoms with Gasteiger partial charge in [0.25, 0.3) is 0 Å². The first-order valence-electron chi connectivity index (χ1n) is 5.02. The molecule has 3 nitrogen and oxygen atoms in total. The molecule has 0 amide bonds. The third-order valence-electron chi connectivity index (χ3n) is 2.55. The van der Waals surface area contributed by atoms with Crippen molar-refractivity contribution in [2.75, 3.05) is 20.3 Å². The summed E-state index contributed by atoms with van der Waals surface area (Å²) >= 11 is 1.57. The molecule has 0 unspecified atom stereocenters. The Morgan fingerprint density at radius 3 is 2.69 bits per heavy atom. The minimum atomic E-state index is -0.388. The Hall–Kier alpha value is -1.18. The molecule has 0 bridgehead atoms. The van der Waals surface area contributed by atoms with Crippen LogP contribution in [0.2, 0.25) is 0 Å². The minimum Gasteiger partial charge on any atom is -0.496 e. The van der Waals surface area contributed by atoms with Crippen molar-refractivity contribution in [2.45, 2.75) is 16.6 Å². The summed E-state index contributed by atoms with van der Waals surface area (Å²) in [7, 11) is 1.66. The van der Waals surface area contributed by atoms with Gasteiger partial charge >= 0.3 is 0 Å². The zero-order valence-corrected chi connectivity index (χ0v) is 10.1. The molecule has 0 spiro atoms. The molecule has 1 aliphatic rings. The van der Waals surface area contributed by atoms with E-state index >= 15 is 0 Å². The van der Waals surface area contributed by atoms with Gasteiger partial charge in [-0.25, -0.2) is 0 Å². The van der Waals surface area contributed by atoms with E-state index in [0.29, 0.717) is 13.2 Å². The first-order valence-corrected chi connectivity index (χ1v) is 5.83. The molecule has 16 heavy (non-hydrogen) atoms. The topological polar surface area (TPSA) is 42.2 Å². The summed E-state index contributed by atoms with van der Waals surface area (Å²) in [4.78, 5) is 1.09. The van der Waals surface area contributed by atoms with E-state index in [4.69, 9.17) is 14.7 Å². The Kier molecular flexibility index (Phi) is 3.08. The highest BCUT2D eigenvalue weighted by Gasteiger charge is 2.40. The quantitative estimate of drug-likeness (QED) is 0.806. The number of hydrogen-bond acceptors (Lipinski definition) is 4. The highest BCUT2D eigenvalue weighted by Crippen LogP contribution is 2.39. The van der Waals surface area contributed by atoms with Crippen LogP contribution in [0.3, 0.4) is 0 Å². The smallest absolute Gasteiger partial charge is 0.153 e. The van der Waals surface area contributed by atoms with Crippen molar-refractivity contribution in [3.05, 3.63) is 23.8 Å². The van der Waals surface area contributed by atoms with Crippen LogP contribution in [0.5, 0.6) is 5.75 Å². The first-order chi connectivity index (χ1) is 7.69. The number of ether oxygens (including phenoxy) is 2. The molecule has 2 rings (SSSR count). The third-order valence-corrected chi connectivity index (χ3v) is 3.76. The molecule has 0 atom stereocenters. The van der Waals surface area contributed by atoms with Crippen LogP contribution in [0.1, 0.15) is 5.56 Å². The lowest BCUT2D eigenvalue weighted by Crippen LogP contribution is -2.45. The number of rotatable bonds is 3. The summed E-state index contributed by atoms with van der Waals surface area (Å²) in [6.45, 7) is 3.03. The van der Waals surface area contributed by atoms with Crippen LogP contribution in [-0.4, -0.2) is 25.1 Å². The molecule has 1 heterocycles. The van der Waals surface area contributed by atoms with Gasteiger partial charge in [0.2, 0.25) is 0 Å². The molecule has 0 aromatic heterocycles. The Balaban J connectivity index is 2.17. The maximum atomic E-state index is 9.09. The van der Waals surface area contributed by atoms with E-state index in [1.807, 2.05) is 25.1 Å². The van der Waals surface area contributed by atoms with Gasteiger partial charge in [-0.2, -0.15) is 5.26 Å². The summed E-state index contributed by atoms with van der Waals surface area (Å²) in [5.41, 5.74) is 1.08. The monoisotopic (exact) mass is 235 g/mol. The van der Waals surface area contributed by atoms with Crippen LogP contribution in [0, 0.1) is 18.3 Å². The van der Waals surface area contributed by atoms with Crippen LogP contribution in [0.4, 0.5) is 0 Å². The molecule has 1 saturated heterocycles. The summed E-state index contributed by atoms with van der Waals surface area (Å²) in [5.74, 6) is 0.875. The Morgan fingerprint density at radius 2 is 2.25 bits per heavy atom. The molecule has 1 aromatic rings. The standard InChI is InChI=1S/C12H13NO2S/c1-9-5-10(3-4-11(9)14-2)16-12(6-13)7-15-8-12/h3-5H,7-8H2,1-2H3.